The lowest BCUT2D eigenvalue weighted by molar-refractivity contribution is 0.0951. The standard InChI is InChI=1S/C15H20N2O4S/c18-15(17-12-6-7-12)11-3-1-5-14(9-11)22(19,20)16-10-13-4-2-8-21-13/h1,3,5,9,12-13,16H,2,4,6-8,10H2,(H,17,18). The molecule has 1 aliphatic carbocycles. The molecule has 1 heterocycles. The van der Waals surface area contributed by atoms with Gasteiger partial charge in [-0.25, -0.2) is 13.1 Å². The van der Waals surface area contributed by atoms with Crippen LogP contribution >= 0.6 is 0 Å². The third-order valence-electron chi connectivity index (χ3n) is 3.84. The summed E-state index contributed by atoms with van der Waals surface area (Å²) in [4.78, 5) is 12.1. The van der Waals surface area contributed by atoms with Gasteiger partial charge in [0.15, 0.2) is 0 Å². The van der Waals surface area contributed by atoms with E-state index in [1.54, 1.807) is 12.1 Å². The van der Waals surface area contributed by atoms with Crippen molar-refractivity contribution >= 4 is 15.9 Å². The van der Waals surface area contributed by atoms with Crippen LogP contribution in [-0.4, -0.2) is 39.6 Å². The average Bonchev–Trinajstić information content (AvgIpc) is 3.16. The molecule has 0 bridgehead atoms. The van der Waals surface area contributed by atoms with Gasteiger partial charge in [0.2, 0.25) is 10.0 Å². The van der Waals surface area contributed by atoms with Gasteiger partial charge in [-0.2, -0.15) is 0 Å². The van der Waals surface area contributed by atoms with E-state index in [0.29, 0.717) is 12.2 Å². The number of sulfonamides is 1. The van der Waals surface area contributed by atoms with Gasteiger partial charge in [0.05, 0.1) is 11.0 Å². The van der Waals surface area contributed by atoms with Gasteiger partial charge < -0.3 is 10.1 Å². The fourth-order valence-corrected chi connectivity index (χ4v) is 3.50. The second-order valence-electron chi connectivity index (χ2n) is 5.76. The van der Waals surface area contributed by atoms with Crippen molar-refractivity contribution in [2.45, 2.75) is 42.7 Å². The highest BCUT2D eigenvalue weighted by molar-refractivity contribution is 7.89. The zero-order chi connectivity index (χ0) is 15.6. The summed E-state index contributed by atoms with van der Waals surface area (Å²) in [6.07, 6.45) is 3.76. The predicted octanol–water partition coefficient (Wildman–Crippen LogP) is 1.04. The van der Waals surface area contributed by atoms with Crippen LogP contribution < -0.4 is 10.0 Å². The second kappa shape index (κ2) is 6.36. The second-order valence-corrected chi connectivity index (χ2v) is 7.53. The molecule has 1 amide bonds. The quantitative estimate of drug-likeness (QED) is 0.819. The Kier molecular flexibility index (Phi) is 4.46. The molecule has 2 fully saturated rings. The van der Waals surface area contributed by atoms with E-state index >= 15 is 0 Å². The first-order valence-corrected chi connectivity index (χ1v) is 9.05. The van der Waals surface area contributed by atoms with Crippen LogP contribution in [0.25, 0.3) is 0 Å². The van der Waals surface area contributed by atoms with Crippen LogP contribution in [0.2, 0.25) is 0 Å². The lowest BCUT2D eigenvalue weighted by Gasteiger charge is -2.12. The molecule has 2 aliphatic rings. The molecule has 3 rings (SSSR count). The first-order chi connectivity index (χ1) is 10.5. The molecule has 22 heavy (non-hydrogen) atoms. The van der Waals surface area contributed by atoms with E-state index in [0.717, 1.165) is 25.7 Å². The maximum absolute atomic E-state index is 12.3. The molecule has 0 spiro atoms. The number of amides is 1. The summed E-state index contributed by atoms with van der Waals surface area (Å²) in [5.41, 5.74) is 0.367. The fraction of sp³-hybridized carbons (Fsp3) is 0.533. The molecular formula is C15H20N2O4S. The Morgan fingerprint density at radius 3 is 2.77 bits per heavy atom. The molecule has 1 saturated heterocycles. The van der Waals surface area contributed by atoms with E-state index in [-0.39, 0.29) is 29.5 Å². The van der Waals surface area contributed by atoms with Crippen molar-refractivity contribution in [2.24, 2.45) is 0 Å². The zero-order valence-corrected chi connectivity index (χ0v) is 13.1. The Labute approximate surface area is 130 Å². The number of hydrogen-bond donors (Lipinski definition) is 2. The van der Waals surface area contributed by atoms with Crippen molar-refractivity contribution in [2.75, 3.05) is 13.2 Å². The molecule has 2 N–H and O–H groups in total. The van der Waals surface area contributed by atoms with Gasteiger partial charge in [-0.15, -0.1) is 0 Å². The predicted molar refractivity (Wildman–Crippen MR) is 81.1 cm³/mol. The largest absolute Gasteiger partial charge is 0.377 e. The summed E-state index contributed by atoms with van der Waals surface area (Å²) in [5, 5.41) is 2.85. The fourth-order valence-electron chi connectivity index (χ4n) is 2.39. The van der Waals surface area contributed by atoms with Crippen molar-refractivity contribution in [1.29, 1.82) is 0 Å². The summed E-state index contributed by atoms with van der Waals surface area (Å²) in [6, 6.07) is 6.35. The van der Waals surface area contributed by atoms with Crippen LogP contribution in [0.5, 0.6) is 0 Å². The van der Waals surface area contributed by atoms with Crippen molar-refractivity contribution in [3.05, 3.63) is 29.8 Å². The van der Waals surface area contributed by atoms with Gasteiger partial charge in [0.25, 0.3) is 5.91 Å². The molecule has 1 saturated carbocycles. The molecule has 1 aromatic rings. The Morgan fingerprint density at radius 2 is 2.09 bits per heavy atom. The number of carbonyl (C=O) groups is 1. The first-order valence-electron chi connectivity index (χ1n) is 7.57. The van der Waals surface area contributed by atoms with Crippen molar-refractivity contribution in [3.8, 4) is 0 Å². The maximum Gasteiger partial charge on any atom is 0.251 e. The Morgan fingerprint density at radius 1 is 1.27 bits per heavy atom. The van der Waals surface area contributed by atoms with E-state index in [9.17, 15) is 13.2 Å². The molecular weight excluding hydrogens is 304 g/mol. The average molecular weight is 324 g/mol. The number of carbonyl (C=O) groups excluding carboxylic acids is 1. The minimum absolute atomic E-state index is 0.0591. The van der Waals surface area contributed by atoms with Gasteiger partial charge in [0.1, 0.15) is 0 Å². The monoisotopic (exact) mass is 324 g/mol. The van der Waals surface area contributed by atoms with E-state index in [1.807, 2.05) is 0 Å². The van der Waals surface area contributed by atoms with Gasteiger partial charge in [-0.1, -0.05) is 6.07 Å². The summed E-state index contributed by atoms with van der Waals surface area (Å²) < 4.78 is 32.6. The Hall–Kier alpha value is -1.44. The molecule has 7 heteroatoms. The Balaban J connectivity index is 1.67. The normalized spacial score (nSPS) is 21.7. The van der Waals surface area contributed by atoms with Crippen LogP contribution in [0.1, 0.15) is 36.0 Å². The number of ether oxygens (including phenoxy) is 1. The summed E-state index contributed by atoms with van der Waals surface area (Å²) in [6.45, 7) is 0.948. The highest BCUT2D eigenvalue weighted by Gasteiger charge is 2.25. The number of rotatable bonds is 6. The van der Waals surface area contributed by atoms with Crippen LogP contribution in [0.3, 0.4) is 0 Å². The zero-order valence-electron chi connectivity index (χ0n) is 12.2. The third kappa shape index (κ3) is 3.85. The minimum Gasteiger partial charge on any atom is -0.377 e. The highest BCUT2D eigenvalue weighted by Crippen LogP contribution is 2.20. The van der Waals surface area contributed by atoms with Gasteiger partial charge >= 0.3 is 0 Å². The van der Waals surface area contributed by atoms with E-state index in [2.05, 4.69) is 10.0 Å². The summed E-state index contributed by atoms with van der Waals surface area (Å²) in [7, 11) is -3.63. The molecule has 0 radical (unpaired) electrons. The van der Waals surface area contributed by atoms with E-state index < -0.39 is 10.0 Å². The van der Waals surface area contributed by atoms with Gasteiger partial charge in [-0.3, -0.25) is 4.79 Å². The minimum atomic E-state index is -3.63. The van der Waals surface area contributed by atoms with Gasteiger partial charge in [0, 0.05) is 24.8 Å². The summed E-state index contributed by atoms with van der Waals surface area (Å²) in [5.74, 6) is -0.223. The molecule has 6 nitrogen and oxygen atoms in total. The van der Waals surface area contributed by atoms with Crippen molar-refractivity contribution in [3.63, 3.8) is 0 Å². The maximum atomic E-state index is 12.3. The van der Waals surface area contributed by atoms with Crippen LogP contribution in [0.4, 0.5) is 0 Å². The molecule has 0 aromatic heterocycles. The molecule has 1 aromatic carbocycles. The topological polar surface area (TPSA) is 84.5 Å². The smallest absolute Gasteiger partial charge is 0.251 e. The number of nitrogens with one attached hydrogen (secondary N) is 2. The van der Waals surface area contributed by atoms with Crippen molar-refractivity contribution in [1.82, 2.24) is 10.0 Å². The molecule has 1 aliphatic heterocycles. The first kappa shape index (κ1) is 15.5. The van der Waals surface area contributed by atoms with Crippen LogP contribution in [0.15, 0.2) is 29.2 Å². The lowest BCUT2D eigenvalue weighted by atomic mass is 10.2. The molecule has 120 valence electrons. The Bertz CT molecular complexity index is 649. The third-order valence-corrected chi connectivity index (χ3v) is 5.27. The molecule has 1 atom stereocenters. The van der Waals surface area contributed by atoms with Crippen LogP contribution in [-0.2, 0) is 14.8 Å². The molecule has 1 unspecified atom stereocenters. The van der Waals surface area contributed by atoms with Crippen LogP contribution in [0, 0.1) is 0 Å². The van der Waals surface area contributed by atoms with Crippen molar-refractivity contribution < 1.29 is 17.9 Å². The summed E-state index contributed by atoms with van der Waals surface area (Å²) >= 11 is 0. The number of benzene rings is 1. The highest BCUT2D eigenvalue weighted by atomic mass is 32.2. The van der Waals surface area contributed by atoms with E-state index in [1.165, 1.54) is 12.1 Å². The SMILES string of the molecule is O=C(NC1CC1)c1cccc(S(=O)(=O)NCC2CCCO2)c1. The lowest BCUT2D eigenvalue weighted by Crippen LogP contribution is -2.32. The van der Waals surface area contributed by atoms with E-state index in [4.69, 9.17) is 4.74 Å². The van der Waals surface area contributed by atoms with Gasteiger partial charge in [-0.05, 0) is 43.9 Å². The number of hydrogen-bond acceptors (Lipinski definition) is 4.